The van der Waals surface area contributed by atoms with Crippen molar-refractivity contribution in [3.63, 3.8) is 0 Å². The molecule has 294 valence electrons. The molecule has 3 heterocycles. The summed E-state index contributed by atoms with van der Waals surface area (Å²) in [5, 5.41) is 3.77. The lowest BCUT2D eigenvalue weighted by molar-refractivity contribution is 0.133. The molecule has 0 saturated carbocycles. The third-order valence-electron chi connectivity index (χ3n) is 13.6. The second-order valence-electron chi connectivity index (χ2n) is 17.1. The van der Waals surface area contributed by atoms with E-state index in [4.69, 9.17) is 0 Å². The van der Waals surface area contributed by atoms with Crippen LogP contribution < -0.4 is 4.90 Å². The molecule has 1 fully saturated rings. The molecule has 0 bridgehead atoms. The standard InChI is InChI=1S/C57H46N4/c1-57-38-44(36-37-53(57)58(2)56(41-19-5-3-6-20-41)61(57)43-22-7-4-8-23-43)59-50-29-14-11-25-47(50)54-48-26-12-15-30-51(48)60(55(54)49-27-13-16-31-52(49)59)42-34-32-40(33-35-42)46-28-17-21-39-18-9-10-24-45(39)46/h3-7,9-22,24-37,56H,8,23,38H2,1-2H3. The van der Waals surface area contributed by atoms with E-state index < -0.39 is 0 Å². The van der Waals surface area contributed by atoms with Crippen molar-refractivity contribution in [1.82, 2.24) is 14.4 Å². The highest BCUT2D eigenvalue weighted by molar-refractivity contribution is 6.12. The van der Waals surface area contributed by atoms with Crippen molar-refractivity contribution in [1.29, 1.82) is 0 Å². The van der Waals surface area contributed by atoms with Gasteiger partial charge in [-0.2, -0.15) is 0 Å². The zero-order valence-electron chi connectivity index (χ0n) is 34.5. The van der Waals surface area contributed by atoms with Crippen molar-refractivity contribution >= 4 is 33.1 Å². The van der Waals surface area contributed by atoms with Crippen molar-refractivity contribution in [3.05, 3.63) is 223 Å². The predicted molar refractivity (Wildman–Crippen MR) is 254 cm³/mol. The van der Waals surface area contributed by atoms with E-state index in [0.717, 1.165) is 24.9 Å². The Labute approximate surface area is 357 Å². The maximum Gasteiger partial charge on any atom is 0.128 e. The van der Waals surface area contributed by atoms with Crippen molar-refractivity contribution in [2.75, 3.05) is 11.9 Å². The average molecular weight is 787 g/mol. The molecule has 0 spiro atoms. The SMILES string of the molecule is CN1C2=CC=C(N3c4ccccc4-c4c(n(-c5ccc(-c6cccc7ccccc67)cc5)c5ccccc45)-c4ccccc43)CC2(C)N(C2=CC=CCC2)C1c1ccccc1. The zero-order valence-corrected chi connectivity index (χ0v) is 34.5. The van der Waals surface area contributed by atoms with Gasteiger partial charge in [-0.1, -0.05) is 152 Å². The fourth-order valence-corrected chi connectivity index (χ4v) is 11.0. The first kappa shape index (κ1) is 35.6. The highest BCUT2D eigenvalue weighted by atomic mass is 15.5. The molecule has 0 amide bonds. The molecule has 0 N–H and O–H groups in total. The summed E-state index contributed by atoms with van der Waals surface area (Å²) in [4.78, 5) is 7.83. The second-order valence-corrected chi connectivity index (χ2v) is 17.1. The van der Waals surface area contributed by atoms with E-state index in [1.165, 1.54) is 89.2 Å². The van der Waals surface area contributed by atoms with Crippen LogP contribution in [0.15, 0.2) is 217 Å². The van der Waals surface area contributed by atoms with Crippen LogP contribution in [0, 0.1) is 0 Å². The predicted octanol–water partition coefficient (Wildman–Crippen LogP) is 14.3. The normalized spacial score (nSPS) is 19.1. The molecule has 2 atom stereocenters. The Kier molecular flexibility index (Phi) is 8.11. The quantitative estimate of drug-likeness (QED) is 0.173. The maximum atomic E-state index is 2.73. The third-order valence-corrected chi connectivity index (χ3v) is 13.6. The Hall–Kier alpha value is -7.30. The van der Waals surface area contributed by atoms with Gasteiger partial charge in [-0.15, -0.1) is 0 Å². The molecule has 2 unspecified atom stereocenters. The monoisotopic (exact) mass is 786 g/mol. The molecule has 4 aliphatic rings. The largest absolute Gasteiger partial charge is 0.352 e. The summed E-state index contributed by atoms with van der Waals surface area (Å²) < 4.78 is 2.51. The van der Waals surface area contributed by atoms with Crippen molar-refractivity contribution in [2.45, 2.75) is 37.9 Å². The van der Waals surface area contributed by atoms with Gasteiger partial charge >= 0.3 is 0 Å². The minimum Gasteiger partial charge on any atom is -0.352 e. The van der Waals surface area contributed by atoms with Crippen LogP contribution in [0.25, 0.3) is 60.9 Å². The van der Waals surface area contributed by atoms with Crippen LogP contribution >= 0.6 is 0 Å². The van der Waals surface area contributed by atoms with E-state index in [1.54, 1.807) is 0 Å². The fourth-order valence-electron chi connectivity index (χ4n) is 11.0. The summed E-state index contributed by atoms with van der Waals surface area (Å²) >= 11 is 0. The summed E-state index contributed by atoms with van der Waals surface area (Å²) in [5.41, 5.74) is 17.2. The number of nitrogens with zero attached hydrogens (tertiary/aromatic N) is 4. The first-order valence-corrected chi connectivity index (χ1v) is 21.6. The third kappa shape index (κ3) is 5.38. The van der Waals surface area contributed by atoms with Gasteiger partial charge in [0.15, 0.2) is 0 Å². The highest BCUT2D eigenvalue weighted by Gasteiger charge is 2.53. The molecular weight excluding hydrogens is 741 g/mol. The molecule has 2 aliphatic heterocycles. The molecule has 0 radical (unpaired) electrons. The number of para-hydroxylation sites is 3. The number of allylic oxidation sites excluding steroid dienone is 6. The fraction of sp³-hybridized carbons (Fsp3) is 0.123. The van der Waals surface area contributed by atoms with Crippen LogP contribution in [0.2, 0.25) is 0 Å². The topological polar surface area (TPSA) is 14.7 Å². The van der Waals surface area contributed by atoms with E-state index in [1.807, 2.05) is 0 Å². The minimum absolute atomic E-state index is 0.0918. The molecule has 7 aromatic carbocycles. The molecule has 4 nitrogen and oxygen atoms in total. The van der Waals surface area contributed by atoms with Gasteiger partial charge in [0.25, 0.3) is 0 Å². The summed E-state index contributed by atoms with van der Waals surface area (Å²) in [6.07, 6.45) is 14.7. The van der Waals surface area contributed by atoms with Crippen LogP contribution in [0.3, 0.4) is 0 Å². The number of hydrogen-bond donors (Lipinski definition) is 0. The highest BCUT2D eigenvalue weighted by Crippen LogP contribution is 2.57. The lowest BCUT2D eigenvalue weighted by atomic mass is 9.85. The van der Waals surface area contributed by atoms with Crippen LogP contribution in [0.4, 0.5) is 11.4 Å². The average Bonchev–Trinajstić information content (AvgIpc) is 3.73. The number of fused-ring (bicyclic) bond motifs is 9. The summed E-state index contributed by atoms with van der Waals surface area (Å²) in [6.45, 7) is 2.47. The molecule has 1 aromatic heterocycles. The molecule has 2 aliphatic carbocycles. The Balaban J connectivity index is 1.03. The maximum absolute atomic E-state index is 2.73. The number of benzene rings is 7. The van der Waals surface area contributed by atoms with Crippen molar-refractivity contribution < 1.29 is 0 Å². The lowest BCUT2D eigenvalue weighted by Crippen LogP contribution is -2.45. The minimum atomic E-state index is -0.285. The number of aromatic nitrogens is 1. The van der Waals surface area contributed by atoms with Crippen LogP contribution in [0.5, 0.6) is 0 Å². The van der Waals surface area contributed by atoms with Crippen molar-refractivity contribution in [2.24, 2.45) is 0 Å². The number of rotatable bonds is 5. The molecule has 4 heteroatoms. The van der Waals surface area contributed by atoms with Crippen LogP contribution in [-0.4, -0.2) is 27.0 Å². The van der Waals surface area contributed by atoms with Crippen LogP contribution in [0.1, 0.15) is 37.9 Å². The first-order chi connectivity index (χ1) is 30.1. The van der Waals surface area contributed by atoms with Gasteiger partial charge in [0.1, 0.15) is 6.17 Å². The van der Waals surface area contributed by atoms with Gasteiger partial charge in [-0.25, -0.2) is 0 Å². The van der Waals surface area contributed by atoms with Gasteiger partial charge in [0.2, 0.25) is 0 Å². The summed E-state index contributed by atoms with van der Waals surface area (Å²) in [5.74, 6) is 0. The second kappa shape index (κ2) is 13.9. The van der Waals surface area contributed by atoms with Gasteiger partial charge < -0.3 is 19.3 Å². The van der Waals surface area contributed by atoms with E-state index in [9.17, 15) is 0 Å². The molecule has 8 aromatic rings. The van der Waals surface area contributed by atoms with E-state index in [-0.39, 0.29) is 11.7 Å². The van der Waals surface area contributed by atoms with Gasteiger partial charge in [0, 0.05) is 58.3 Å². The Morgan fingerprint density at radius 2 is 1.25 bits per heavy atom. The van der Waals surface area contributed by atoms with Gasteiger partial charge in [-0.3, -0.25) is 0 Å². The number of likely N-dealkylation sites (N-methyl/N-ethyl adjacent to an activating group) is 1. The number of hydrogen-bond acceptors (Lipinski definition) is 3. The Morgan fingerprint density at radius 1 is 0.574 bits per heavy atom. The van der Waals surface area contributed by atoms with E-state index in [2.05, 4.69) is 233 Å². The Bertz CT molecular complexity index is 3160. The van der Waals surface area contributed by atoms with Crippen molar-refractivity contribution in [3.8, 4) is 39.2 Å². The van der Waals surface area contributed by atoms with E-state index in [0.29, 0.717) is 0 Å². The number of anilines is 2. The van der Waals surface area contributed by atoms with Gasteiger partial charge in [0.05, 0.1) is 28.1 Å². The zero-order chi connectivity index (χ0) is 40.7. The van der Waals surface area contributed by atoms with E-state index >= 15 is 0 Å². The molecule has 1 saturated heterocycles. The summed E-state index contributed by atoms with van der Waals surface area (Å²) in [6, 6.07) is 62.6. The Morgan fingerprint density at radius 3 is 2.05 bits per heavy atom. The lowest BCUT2D eigenvalue weighted by Gasteiger charge is -2.44. The molecule has 61 heavy (non-hydrogen) atoms. The smallest absolute Gasteiger partial charge is 0.128 e. The summed E-state index contributed by atoms with van der Waals surface area (Å²) in [7, 11) is 2.28. The first-order valence-electron chi connectivity index (χ1n) is 21.6. The van der Waals surface area contributed by atoms with Gasteiger partial charge in [-0.05, 0) is 95.8 Å². The molecular formula is C57H46N4. The molecule has 12 rings (SSSR count). The van der Waals surface area contributed by atoms with Crippen LogP contribution in [-0.2, 0) is 0 Å².